The molecule has 0 fully saturated rings. The van der Waals surface area contributed by atoms with Crippen molar-refractivity contribution in [3.05, 3.63) is 101 Å². The van der Waals surface area contributed by atoms with Gasteiger partial charge in [-0.15, -0.1) is 11.3 Å². The van der Waals surface area contributed by atoms with E-state index in [9.17, 15) is 0 Å². The van der Waals surface area contributed by atoms with Crippen LogP contribution in [-0.2, 0) is 31.0 Å². The summed E-state index contributed by atoms with van der Waals surface area (Å²) in [7, 11) is 5.04. The van der Waals surface area contributed by atoms with Crippen molar-refractivity contribution in [2.24, 2.45) is 0 Å². The summed E-state index contributed by atoms with van der Waals surface area (Å²) in [6, 6.07) is 24.2. The van der Waals surface area contributed by atoms with Crippen LogP contribution in [0.1, 0.15) is 22.4 Å². The Morgan fingerprint density at radius 2 is 1.20 bits per heavy atom. The summed E-state index contributed by atoms with van der Waals surface area (Å²) >= 11 is 1.62. The maximum Gasteiger partial charge on any atom is 0.186 e. The summed E-state index contributed by atoms with van der Waals surface area (Å²) in [5, 5.41) is 3.00. The van der Waals surface area contributed by atoms with E-state index in [1.54, 1.807) is 32.7 Å². The van der Waals surface area contributed by atoms with Crippen LogP contribution >= 0.6 is 11.3 Å². The van der Waals surface area contributed by atoms with Gasteiger partial charge in [-0.2, -0.15) is 0 Å². The number of methoxy groups -OCH3 is 3. The van der Waals surface area contributed by atoms with Gasteiger partial charge < -0.3 is 23.8 Å². The van der Waals surface area contributed by atoms with E-state index in [1.807, 2.05) is 48.5 Å². The fraction of sp³-hybridized carbons (Fsp3) is 0.250. The third kappa shape index (κ3) is 6.97. The fourth-order valence-corrected chi connectivity index (χ4v) is 4.53. The van der Waals surface area contributed by atoms with Gasteiger partial charge in [-0.1, -0.05) is 36.4 Å². The Morgan fingerprint density at radius 1 is 0.686 bits per heavy atom. The van der Waals surface area contributed by atoms with Gasteiger partial charge in [0, 0.05) is 18.5 Å². The largest absolute Gasteiger partial charge is 0.497 e. The molecule has 0 spiro atoms. The Balaban J connectivity index is 1.47. The van der Waals surface area contributed by atoms with Crippen LogP contribution in [0.3, 0.4) is 0 Å². The van der Waals surface area contributed by atoms with Crippen molar-refractivity contribution >= 4 is 16.5 Å². The van der Waals surface area contributed by atoms with Crippen LogP contribution in [-0.4, -0.2) is 26.3 Å². The molecule has 0 unspecified atom stereocenters. The Kier molecular flexibility index (Phi) is 8.59. The van der Waals surface area contributed by atoms with Gasteiger partial charge in [0.05, 0.1) is 40.2 Å². The number of hydrogen-bond acceptors (Lipinski definition) is 7. The maximum absolute atomic E-state index is 5.93. The van der Waals surface area contributed by atoms with Gasteiger partial charge in [-0.25, -0.2) is 4.98 Å². The second-order valence-electron chi connectivity index (χ2n) is 8.02. The molecule has 0 saturated heterocycles. The molecule has 0 aliphatic heterocycles. The zero-order valence-corrected chi connectivity index (χ0v) is 21.1. The summed E-state index contributed by atoms with van der Waals surface area (Å²) in [6.07, 6.45) is 0. The number of thiazole rings is 1. The average molecular weight is 491 g/mol. The van der Waals surface area contributed by atoms with Crippen molar-refractivity contribution in [1.29, 1.82) is 0 Å². The van der Waals surface area contributed by atoms with Crippen LogP contribution in [0.2, 0.25) is 0 Å². The Hall–Kier alpha value is -3.55. The molecule has 35 heavy (non-hydrogen) atoms. The summed E-state index contributed by atoms with van der Waals surface area (Å²) in [4.78, 5) is 7.15. The highest BCUT2D eigenvalue weighted by atomic mass is 32.1. The van der Waals surface area contributed by atoms with E-state index in [1.165, 1.54) is 0 Å². The Bertz CT molecular complexity index is 1180. The molecule has 0 N–H and O–H groups in total. The summed E-state index contributed by atoms with van der Waals surface area (Å²) in [5.74, 6) is 2.51. The SMILES string of the molecule is COc1cccc(COCc2csc(N(Cc3cccc(OC)c3)Cc3cccc(OC)c3)n2)c1. The molecule has 0 atom stereocenters. The van der Waals surface area contributed by atoms with Gasteiger partial charge in [0.2, 0.25) is 0 Å². The third-order valence-electron chi connectivity index (χ3n) is 5.48. The molecule has 6 nitrogen and oxygen atoms in total. The van der Waals surface area contributed by atoms with Crippen LogP contribution in [0.25, 0.3) is 0 Å². The van der Waals surface area contributed by atoms with Crippen LogP contribution in [0, 0.1) is 0 Å². The lowest BCUT2D eigenvalue weighted by Gasteiger charge is -2.22. The smallest absolute Gasteiger partial charge is 0.186 e. The molecule has 3 aromatic carbocycles. The topological polar surface area (TPSA) is 53.1 Å². The van der Waals surface area contributed by atoms with E-state index in [0.29, 0.717) is 26.3 Å². The lowest BCUT2D eigenvalue weighted by Crippen LogP contribution is -2.22. The third-order valence-corrected chi connectivity index (χ3v) is 6.43. The first-order valence-corrected chi connectivity index (χ1v) is 12.2. The number of rotatable bonds is 12. The number of ether oxygens (including phenoxy) is 4. The van der Waals surface area contributed by atoms with Crippen molar-refractivity contribution in [2.75, 3.05) is 26.2 Å². The predicted octanol–water partition coefficient (Wildman–Crippen LogP) is 6.09. The first-order valence-electron chi connectivity index (χ1n) is 11.3. The van der Waals surface area contributed by atoms with Gasteiger partial charge in [0.15, 0.2) is 5.13 Å². The van der Waals surface area contributed by atoms with Crippen LogP contribution < -0.4 is 19.1 Å². The van der Waals surface area contributed by atoms with Crippen molar-refractivity contribution in [3.8, 4) is 17.2 Å². The van der Waals surface area contributed by atoms with Gasteiger partial charge in [0.25, 0.3) is 0 Å². The molecule has 1 aromatic heterocycles. The fourth-order valence-electron chi connectivity index (χ4n) is 3.72. The minimum atomic E-state index is 0.444. The molecule has 0 amide bonds. The van der Waals surface area contributed by atoms with E-state index in [-0.39, 0.29) is 0 Å². The molecule has 0 saturated carbocycles. The van der Waals surface area contributed by atoms with Gasteiger partial charge in [-0.3, -0.25) is 0 Å². The Labute approximate surface area is 210 Å². The van der Waals surface area contributed by atoms with E-state index < -0.39 is 0 Å². The minimum Gasteiger partial charge on any atom is -0.497 e. The number of hydrogen-bond donors (Lipinski definition) is 0. The monoisotopic (exact) mass is 490 g/mol. The quantitative estimate of drug-likeness (QED) is 0.239. The zero-order valence-electron chi connectivity index (χ0n) is 20.3. The van der Waals surface area contributed by atoms with Crippen molar-refractivity contribution in [1.82, 2.24) is 4.98 Å². The second-order valence-corrected chi connectivity index (χ2v) is 8.86. The molecular formula is C28H30N2O4S. The van der Waals surface area contributed by atoms with Crippen LogP contribution in [0.15, 0.2) is 78.2 Å². The molecule has 0 aliphatic carbocycles. The van der Waals surface area contributed by atoms with Gasteiger partial charge >= 0.3 is 0 Å². The van der Waals surface area contributed by atoms with E-state index in [2.05, 4.69) is 34.5 Å². The highest BCUT2D eigenvalue weighted by Gasteiger charge is 2.14. The summed E-state index contributed by atoms with van der Waals surface area (Å²) in [6.45, 7) is 2.35. The van der Waals surface area contributed by atoms with Gasteiger partial charge in [-0.05, 0) is 53.1 Å². The molecule has 4 aromatic rings. The second kappa shape index (κ2) is 12.2. The molecule has 1 heterocycles. The van der Waals surface area contributed by atoms with Gasteiger partial charge in [0.1, 0.15) is 17.2 Å². The van der Waals surface area contributed by atoms with E-state index >= 15 is 0 Å². The molecular weight excluding hydrogens is 460 g/mol. The number of nitrogens with zero attached hydrogens (tertiary/aromatic N) is 2. The molecule has 7 heteroatoms. The van der Waals surface area contributed by atoms with E-state index in [0.717, 1.165) is 44.8 Å². The maximum atomic E-state index is 5.93. The first-order chi connectivity index (χ1) is 17.2. The molecule has 0 aliphatic rings. The molecule has 0 bridgehead atoms. The van der Waals surface area contributed by atoms with Crippen LogP contribution in [0.4, 0.5) is 5.13 Å². The normalized spacial score (nSPS) is 10.7. The lowest BCUT2D eigenvalue weighted by atomic mass is 10.1. The number of anilines is 1. The lowest BCUT2D eigenvalue weighted by molar-refractivity contribution is 0.105. The standard InChI is InChI=1S/C28H30N2O4S/c1-31-25-10-4-7-21(13-25)16-30(17-22-8-5-11-26(14-22)32-2)28-29-24(20-35-28)19-34-18-23-9-6-12-27(15-23)33-3/h4-15,20H,16-19H2,1-3H3. The average Bonchev–Trinajstić information content (AvgIpc) is 3.37. The summed E-state index contributed by atoms with van der Waals surface area (Å²) < 4.78 is 22.1. The van der Waals surface area contributed by atoms with Crippen LogP contribution in [0.5, 0.6) is 17.2 Å². The first kappa shape index (κ1) is 24.6. The zero-order chi connectivity index (χ0) is 24.5. The predicted molar refractivity (Wildman–Crippen MR) is 139 cm³/mol. The molecule has 0 radical (unpaired) electrons. The Morgan fingerprint density at radius 3 is 1.74 bits per heavy atom. The van der Waals surface area contributed by atoms with Crippen molar-refractivity contribution < 1.29 is 18.9 Å². The number of benzene rings is 3. The minimum absolute atomic E-state index is 0.444. The highest BCUT2D eigenvalue weighted by Crippen LogP contribution is 2.27. The van der Waals surface area contributed by atoms with Crippen molar-refractivity contribution in [3.63, 3.8) is 0 Å². The summed E-state index contributed by atoms with van der Waals surface area (Å²) in [5.41, 5.74) is 4.28. The molecule has 4 rings (SSSR count). The molecule has 182 valence electrons. The number of aromatic nitrogens is 1. The van der Waals surface area contributed by atoms with E-state index in [4.69, 9.17) is 23.9 Å². The van der Waals surface area contributed by atoms with Crippen molar-refractivity contribution in [2.45, 2.75) is 26.3 Å². The highest BCUT2D eigenvalue weighted by molar-refractivity contribution is 7.13.